The molecule has 2 N–H and O–H groups in total. The second-order valence-corrected chi connectivity index (χ2v) is 5.39. The summed E-state index contributed by atoms with van der Waals surface area (Å²) in [4.78, 5) is 19.1. The number of ether oxygens (including phenoxy) is 2. The molecule has 2 aromatic carbocycles. The van der Waals surface area contributed by atoms with Crippen molar-refractivity contribution in [1.29, 1.82) is 0 Å². The topological polar surface area (TPSA) is 111 Å². The molecule has 0 radical (unpaired) electrons. The van der Waals surface area contributed by atoms with E-state index in [-0.39, 0.29) is 17.3 Å². The maximum absolute atomic E-state index is 11.6. The molecule has 1 aromatic heterocycles. The number of hydrogen-bond donors (Lipinski definition) is 2. The summed E-state index contributed by atoms with van der Waals surface area (Å²) in [6.07, 6.45) is 1.25. The second kappa shape index (κ2) is 8.00. The van der Waals surface area contributed by atoms with Crippen LogP contribution in [-0.4, -0.2) is 29.1 Å². The van der Waals surface area contributed by atoms with Crippen LogP contribution in [0.4, 0.5) is 28.7 Å². The van der Waals surface area contributed by atoms with Gasteiger partial charge in [0, 0.05) is 17.4 Å². The van der Waals surface area contributed by atoms with Gasteiger partial charge >= 0.3 is 5.69 Å². The Balaban J connectivity index is 1.92. The Morgan fingerprint density at radius 3 is 2.11 bits per heavy atom. The van der Waals surface area contributed by atoms with Gasteiger partial charge in [0.15, 0.2) is 0 Å². The molecule has 138 valence electrons. The molecular weight excluding hydrogens is 350 g/mol. The highest BCUT2D eigenvalue weighted by atomic mass is 16.6. The number of benzene rings is 2. The van der Waals surface area contributed by atoms with Gasteiger partial charge < -0.3 is 20.1 Å². The third-order valence-corrected chi connectivity index (χ3v) is 3.69. The molecule has 0 aliphatic heterocycles. The van der Waals surface area contributed by atoms with Gasteiger partial charge in [-0.1, -0.05) is 6.07 Å². The lowest BCUT2D eigenvalue weighted by molar-refractivity contribution is -0.383. The van der Waals surface area contributed by atoms with Crippen LogP contribution in [0.15, 0.2) is 54.9 Å². The molecule has 0 saturated carbocycles. The van der Waals surface area contributed by atoms with Crippen molar-refractivity contribution in [1.82, 2.24) is 9.97 Å². The van der Waals surface area contributed by atoms with Gasteiger partial charge in [-0.05, 0) is 36.4 Å². The maximum atomic E-state index is 11.6. The Labute approximate surface area is 155 Å². The fourth-order valence-electron chi connectivity index (χ4n) is 2.38. The van der Waals surface area contributed by atoms with E-state index in [0.29, 0.717) is 22.9 Å². The van der Waals surface area contributed by atoms with Crippen LogP contribution in [0, 0.1) is 10.1 Å². The van der Waals surface area contributed by atoms with E-state index in [1.54, 1.807) is 62.8 Å². The summed E-state index contributed by atoms with van der Waals surface area (Å²) >= 11 is 0. The molecule has 1 heterocycles. The quantitative estimate of drug-likeness (QED) is 0.478. The summed E-state index contributed by atoms with van der Waals surface area (Å²) in [6, 6.07) is 14.0. The van der Waals surface area contributed by atoms with Crippen LogP contribution in [0.25, 0.3) is 0 Å². The summed E-state index contributed by atoms with van der Waals surface area (Å²) in [7, 11) is 3.11. The SMILES string of the molecule is COc1ccc(Nc2ncnc(Nc3cccc(OC)c3)c2[N+](=O)[O-])cc1. The first kappa shape index (κ1) is 17.9. The normalized spacial score (nSPS) is 10.1. The molecule has 0 aliphatic rings. The predicted molar refractivity (Wildman–Crippen MR) is 101 cm³/mol. The molecule has 0 aliphatic carbocycles. The summed E-state index contributed by atoms with van der Waals surface area (Å²) in [6.45, 7) is 0. The van der Waals surface area contributed by atoms with Crippen molar-refractivity contribution in [3.8, 4) is 11.5 Å². The minimum atomic E-state index is -0.533. The zero-order valence-electron chi connectivity index (χ0n) is 14.7. The van der Waals surface area contributed by atoms with Crippen molar-refractivity contribution >= 4 is 28.7 Å². The average Bonchev–Trinajstić information content (AvgIpc) is 2.68. The van der Waals surface area contributed by atoms with Crippen molar-refractivity contribution < 1.29 is 14.4 Å². The van der Waals surface area contributed by atoms with Crippen molar-refractivity contribution in [2.75, 3.05) is 24.9 Å². The highest BCUT2D eigenvalue weighted by Crippen LogP contribution is 2.33. The van der Waals surface area contributed by atoms with Crippen LogP contribution < -0.4 is 20.1 Å². The molecule has 3 rings (SSSR count). The number of rotatable bonds is 7. The van der Waals surface area contributed by atoms with Crippen molar-refractivity contribution in [3.63, 3.8) is 0 Å². The molecule has 0 bridgehead atoms. The summed E-state index contributed by atoms with van der Waals surface area (Å²) in [5, 5.41) is 17.5. The molecule has 0 spiro atoms. The lowest BCUT2D eigenvalue weighted by Crippen LogP contribution is -2.05. The standard InChI is InChI=1S/C18H17N5O4/c1-26-14-8-6-12(7-9-14)21-17-16(23(24)25)18(20-11-19-17)22-13-4-3-5-15(10-13)27-2/h3-11H,1-2H3,(H2,19,20,21,22). The van der Waals surface area contributed by atoms with Gasteiger partial charge in [0.1, 0.15) is 17.8 Å². The maximum Gasteiger partial charge on any atom is 0.353 e. The molecule has 0 saturated heterocycles. The van der Waals surface area contributed by atoms with Gasteiger partial charge in [-0.2, -0.15) is 0 Å². The number of nitro groups is 1. The molecular formula is C18H17N5O4. The number of hydrogen-bond acceptors (Lipinski definition) is 8. The van der Waals surface area contributed by atoms with Gasteiger partial charge in [-0.15, -0.1) is 0 Å². The molecule has 0 amide bonds. The molecule has 0 fully saturated rings. The van der Waals surface area contributed by atoms with Crippen LogP contribution in [-0.2, 0) is 0 Å². The van der Waals surface area contributed by atoms with Crippen molar-refractivity contribution in [2.24, 2.45) is 0 Å². The van der Waals surface area contributed by atoms with E-state index in [9.17, 15) is 10.1 Å². The molecule has 0 atom stereocenters. The molecule has 9 nitrogen and oxygen atoms in total. The first-order chi connectivity index (χ1) is 13.1. The zero-order chi connectivity index (χ0) is 19.2. The summed E-state index contributed by atoms with van der Waals surface area (Å²) in [5.41, 5.74) is 0.965. The number of nitrogens with one attached hydrogen (secondary N) is 2. The Bertz CT molecular complexity index is 947. The zero-order valence-corrected chi connectivity index (χ0v) is 14.7. The van der Waals surface area contributed by atoms with E-state index >= 15 is 0 Å². The lowest BCUT2D eigenvalue weighted by Gasteiger charge is -2.11. The number of nitrogens with zero attached hydrogens (tertiary/aromatic N) is 3. The first-order valence-corrected chi connectivity index (χ1v) is 7.92. The summed E-state index contributed by atoms with van der Waals surface area (Å²) < 4.78 is 10.3. The van der Waals surface area contributed by atoms with E-state index in [1.807, 2.05) is 0 Å². The monoisotopic (exact) mass is 367 g/mol. The van der Waals surface area contributed by atoms with Gasteiger partial charge in [-0.25, -0.2) is 9.97 Å². The Kier molecular flexibility index (Phi) is 5.31. The van der Waals surface area contributed by atoms with E-state index in [1.165, 1.54) is 6.33 Å². The van der Waals surface area contributed by atoms with Crippen molar-refractivity contribution in [2.45, 2.75) is 0 Å². The number of aromatic nitrogens is 2. The van der Waals surface area contributed by atoms with E-state index in [4.69, 9.17) is 9.47 Å². The summed E-state index contributed by atoms with van der Waals surface area (Å²) in [5.74, 6) is 1.44. The third-order valence-electron chi connectivity index (χ3n) is 3.69. The molecule has 3 aromatic rings. The minimum absolute atomic E-state index is 0.0688. The second-order valence-electron chi connectivity index (χ2n) is 5.39. The highest BCUT2D eigenvalue weighted by molar-refractivity contribution is 5.77. The fraction of sp³-hybridized carbons (Fsp3) is 0.111. The number of methoxy groups -OCH3 is 2. The van der Waals surface area contributed by atoms with Gasteiger partial charge in [0.05, 0.1) is 19.1 Å². The van der Waals surface area contributed by atoms with Crippen LogP contribution >= 0.6 is 0 Å². The molecule has 0 unspecified atom stereocenters. The van der Waals surface area contributed by atoms with Crippen LogP contribution in [0.3, 0.4) is 0 Å². The molecule has 9 heteroatoms. The van der Waals surface area contributed by atoms with E-state index < -0.39 is 4.92 Å². The van der Waals surface area contributed by atoms with Crippen LogP contribution in [0.5, 0.6) is 11.5 Å². The van der Waals surface area contributed by atoms with Crippen molar-refractivity contribution in [3.05, 3.63) is 65.0 Å². The Hall–Kier alpha value is -3.88. The first-order valence-electron chi connectivity index (χ1n) is 7.92. The predicted octanol–water partition coefficient (Wildman–Crippen LogP) is 3.89. The average molecular weight is 367 g/mol. The highest BCUT2D eigenvalue weighted by Gasteiger charge is 2.23. The number of anilines is 4. The van der Waals surface area contributed by atoms with Gasteiger partial charge in [-0.3, -0.25) is 10.1 Å². The van der Waals surface area contributed by atoms with Gasteiger partial charge in [0.2, 0.25) is 11.6 Å². The van der Waals surface area contributed by atoms with E-state index in [2.05, 4.69) is 20.6 Å². The lowest BCUT2D eigenvalue weighted by atomic mass is 10.3. The molecule has 27 heavy (non-hydrogen) atoms. The van der Waals surface area contributed by atoms with Gasteiger partial charge in [0.25, 0.3) is 0 Å². The van der Waals surface area contributed by atoms with E-state index in [0.717, 1.165) is 0 Å². The fourth-order valence-corrected chi connectivity index (χ4v) is 2.38. The smallest absolute Gasteiger partial charge is 0.353 e. The Morgan fingerprint density at radius 1 is 0.889 bits per heavy atom. The van der Waals surface area contributed by atoms with Crippen LogP contribution in [0.2, 0.25) is 0 Å². The van der Waals surface area contributed by atoms with Crippen LogP contribution in [0.1, 0.15) is 0 Å². The third kappa shape index (κ3) is 4.21. The minimum Gasteiger partial charge on any atom is -0.497 e. The largest absolute Gasteiger partial charge is 0.497 e. The Morgan fingerprint density at radius 2 is 1.52 bits per heavy atom.